The number of allylic oxidation sites excluding steroid dienone is 1. The van der Waals surface area contributed by atoms with Crippen molar-refractivity contribution in [2.24, 2.45) is 5.92 Å². The van der Waals surface area contributed by atoms with Crippen LogP contribution in [-0.4, -0.2) is 18.5 Å². The molecule has 0 radical (unpaired) electrons. The molecular weight excluding hydrogens is 223 g/mol. The van der Waals surface area contributed by atoms with Crippen LogP contribution in [0.4, 0.5) is 0 Å². The van der Waals surface area contributed by atoms with Crippen LogP contribution in [0.2, 0.25) is 0 Å². The maximum Gasteiger partial charge on any atom is 0.335 e. The van der Waals surface area contributed by atoms with Crippen LogP contribution in [-0.2, 0) is 9.53 Å². The fourth-order valence-electron chi connectivity index (χ4n) is 1.42. The highest BCUT2D eigenvalue weighted by Gasteiger charge is 2.32. The van der Waals surface area contributed by atoms with E-state index in [0.717, 1.165) is 19.3 Å². The molecule has 1 atom stereocenters. The Morgan fingerprint density at radius 2 is 2.36 bits per heavy atom. The SMILES string of the molecule is CCCC/C(Cl)=C1/C(=O)OC[C@@H]1CCl. The molecule has 0 aliphatic carbocycles. The number of hydrogen-bond acceptors (Lipinski definition) is 2. The second-order valence-corrected chi connectivity index (χ2v) is 4.14. The molecule has 0 unspecified atom stereocenters. The Balaban J connectivity index is 2.74. The van der Waals surface area contributed by atoms with Crippen LogP contribution in [0.3, 0.4) is 0 Å². The van der Waals surface area contributed by atoms with Crippen molar-refractivity contribution in [2.75, 3.05) is 12.5 Å². The molecule has 1 aliphatic heterocycles. The third-order valence-electron chi connectivity index (χ3n) is 2.27. The number of alkyl halides is 1. The average molecular weight is 237 g/mol. The van der Waals surface area contributed by atoms with E-state index in [9.17, 15) is 4.79 Å². The highest BCUT2D eigenvalue weighted by atomic mass is 35.5. The van der Waals surface area contributed by atoms with Gasteiger partial charge < -0.3 is 4.74 Å². The second kappa shape index (κ2) is 5.62. The summed E-state index contributed by atoms with van der Waals surface area (Å²) < 4.78 is 4.90. The first kappa shape index (κ1) is 11.9. The van der Waals surface area contributed by atoms with Gasteiger partial charge >= 0.3 is 5.97 Å². The fraction of sp³-hybridized carbons (Fsp3) is 0.700. The van der Waals surface area contributed by atoms with Crippen LogP contribution in [0.25, 0.3) is 0 Å². The quantitative estimate of drug-likeness (QED) is 0.426. The number of ether oxygens (including phenoxy) is 1. The van der Waals surface area contributed by atoms with Crippen LogP contribution >= 0.6 is 23.2 Å². The zero-order valence-electron chi connectivity index (χ0n) is 8.19. The second-order valence-electron chi connectivity index (χ2n) is 3.37. The van der Waals surface area contributed by atoms with Gasteiger partial charge in [-0.1, -0.05) is 24.9 Å². The first-order chi connectivity index (χ1) is 6.70. The summed E-state index contributed by atoms with van der Waals surface area (Å²) in [5.41, 5.74) is 0.593. The van der Waals surface area contributed by atoms with Crippen LogP contribution in [0.1, 0.15) is 26.2 Å². The molecule has 0 aromatic rings. The maximum atomic E-state index is 11.3. The number of cyclic esters (lactones) is 1. The monoisotopic (exact) mass is 236 g/mol. The van der Waals surface area contributed by atoms with E-state index < -0.39 is 0 Å². The molecule has 1 aliphatic rings. The highest BCUT2D eigenvalue weighted by Crippen LogP contribution is 2.29. The fourth-order valence-corrected chi connectivity index (χ4v) is 2.03. The Morgan fingerprint density at radius 3 is 2.93 bits per heavy atom. The lowest BCUT2D eigenvalue weighted by atomic mass is 10.0. The van der Waals surface area contributed by atoms with Crippen molar-refractivity contribution in [1.82, 2.24) is 0 Å². The van der Waals surface area contributed by atoms with Crippen molar-refractivity contribution in [1.29, 1.82) is 0 Å². The molecular formula is C10H14Cl2O2. The molecule has 14 heavy (non-hydrogen) atoms. The van der Waals surface area contributed by atoms with Gasteiger partial charge in [0.25, 0.3) is 0 Å². The minimum Gasteiger partial charge on any atom is -0.462 e. The summed E-state index contributed by atoms with van der Waals surface area (Å²) in [6.07, 6.45) is 2.80. The molecule has 2 nitrogen and oxygen atoms in total. The van der Waals surface area contributed by atoms with Crippen molar-refractivity contribution < 1.29 is 9.53 Å². The molecule has 1 heterocycles. The Bertz CT molecular complexity index is 249. The molecule has 0 aromatic carbocycles. The van der Waals surface area contributed by atoms with Crippen molar-refractivity contribution in [3.05, 3.63) is 10.6 Å². The van der Waals surface area contributed by atoms with Crippen LogP contribution in [0.5, 0.6) is 0 Å². The van der Waals surface area contributed by atoms with Gasteiger partial charge in [0.2, 0.25) is 0 Å². The predicted molar refractivity (Wildman–Crippen MR) is 57.6 cm³/mol. The number of hydrogen-bond donors (Lipinski definition) is 0. The number of rotatable bonds is 4. The molecule has 0 N–H and O–H groups in total. The summed E-state index contributed by atoms with van der Waals surface area (Å²) in [7, 11) is 0. The number of esters is 1. The van der Waals surface area contributed by atoms with Crippen LogP contribution < -0.4 is 0 Å². The molecule has 0 spiro atoms. The maximum absolute atomic E-state index is 11.3. The van der Waals surface area contributed by atoms with Gasteiger partial charge in [0.05, 0.1) is 12.2 Å². The van der Waals surface area contributed by atoms with Crippen molar-refractivity contribution in [3.8, 4) is 0 Å². The third kappa shape index (κ3) is 2.64. The van der Waals surface area contributed by atoms with Gasteiger partial charge in [0.15, 0.2) is 0 Å². The van der Waals surface area contributed by atoms with E-state index in [1.54, 1.807) is 0 Å². The lowest BCUT2D eigenvalue weighted by molar-refractivity contribution is -0.135. The third-order valence-corrected chi connectivity index (χ3v) is 3.04. The van der Waals surface area contributed by atoms with Gasteiger partial charge in [0, 0.05) is 16.8 Å². The van der Waals surface area contributed by atoms with Gasteiger partial charge in [-0.05, 0) is 12.8 Å². The minimum atomic E-state index is -0.295. The zero-order chi connectivity index (χ0) is 10.6. The predicted octanol–water partition coefficient (Wildman–Crippen LogP) is 3.08. The van der Waals surface area contributed by atoms with E-state index >= 15 is 0 Å². The Morgan fingerprint density at radius 1 is 1.64 bits per heavy atom. The number of carbonyl (C=O) groups is 1. The van der Waals surface area contributed by atoms with Crippen molar-refractivity contribution >= 4 is 29.2 Å². The Hall–Kier alpha value is -0.210. The lowest BCUT2D eigenvalue weighted by Crippen LogP contribution is -2.07. The molecule has 1 saturated heterocycles. The topological polar surface area (TPSA) is 26.3 Å². The van der Waals surface area contributed by atoms with Crippen molar-refractivity contribution in [2.45, 2.75) is 26.2 Å². The standard InChI is InChI=1S/C10H14Cl2O2/c1-2-3-4-8(12)9-7(5-11)6-14-10(9)13/h7H,2-6H2,1H3/b9-8-/t7-/m0/s1. The molecule has 0 saturated carbocycles. The van der Waals surface area contributed by atoms with E-state index in [1.165, 1.54) is 0 Å². The summed E-state index contributed by atoms with van der Waals surface area (Å²) in [5.74, 6) is 0.0777. The zero-order valence-corrected chi connectivity index (χ0v) is 9.70. The van der Waals surface area contributed by atoms with E-state index in [0.29, 0.717) is 23.1 Å². The number of halogens is 2. The van der Waals surface area contributed by atoms with Gasteiger partial charge in [-0.15, -0.1) is 11.6 Å². The molecule has 1 rings (SSSR count). The van der Waals surface area contributed by atoms with Gasteiger partial charge in [-0.2, -0.15) is 0 Å². The molecule has 4 heteroatoms. The molecule has 0 amide bonds. The largest absolute Gasteiger partial charge is 0.462 e. The van der Waals surface area contributed by atoms with Gasteiger partial charge in [0.1, 0.15) is 0 Å². The number of unbranched alkanes of at least 4 members (excludes halogenated alkanes) is 1. The van der Waals surface area contributed by atoms with E-state index in [1.807, 2.05) is 0 Å². The Kier molecular flexibility index (Phi) is 4.76. The first-order valence-corrected chi connectivity index (χ1v) is 5.73. The normalized spacial score (nSPS) is 25.1. The molecule has 1 fully saturated rings. The minimum absolute atomic E-state index is 0.0199. The van der Waals surface area contributed by atoms with Gasteiger partial charge in [-0.3, -0.25) is 0 Å². The summed E-state index contributed by atoms with van der Waals surface area (Å²) >= 11 is 11.8. The lowest BCUT2D eigenvalue weighted by Gasteiger charge is -2.05. The van der Waals surface area contributed by atoms with E-state index in [4.69, 9.17) is 27.9 Å². The molecule has 0 bridgehead atoms. The molecule has 0 aromatic heterocycles. The smallest absolute Gasteiger partial charge is 0.335 e. The first-order valence-electron chi connectivity index (χ1n) is 4.82. The summed E-state index contributed by atoms with van der Waals surface area (Å²) in [6, 6.07) is 0. The average Bonchev–Trinajstić information content (AvgIpc) is 2.56. The summed E-state index contributed by atoms with van der Waals surface area (Å²) in [4.78, 5) is 11.3. The summed E-state index contributed by atoms with van der Waals surface area (Å²) in [5, 5.41) is 0.625. The van der Waals surface area contributed by atoms with E-state index in [-0.39, 0.29) is 11.9 Å². The molecule has 80 valence electrons. The summed E-state index contributed by atoms with van der Waals surface area (Å²) in [6.45, 7) is 2.46. The van der Waals surface area contributed by atoms with Crippen molar-refractivity contribution in [3.63, 3.8) is 0 Å². The van der Waals surface area contributed by atoms with Crippen LogP contribution in [0.15, 0.2) is 10.6 Å². The highest BCUT2D eigenvalue weighted by molar-refractivity contribution is 6.32. The van der Waals surface area contributed by atoms with E-state index in [2.05, 4.69) is 6.92 Å². The van der Waals surface area contributed by atoms with Gasteiger partial charge in [-0.25, -0.2) is 4.79 Å². The Labute approximate surface area is 94.2 Å². The number of carbonyl (C=O) groups excluding carboxylic acids is 1. The van der Waals surface area contributed by atoms with Crippen LogP contribution in [0, 0.1) is 5.92 Å².